The third-order valence-electron chi connectivity index (χ3n) is 10.5. The third kappa shape index (κ3) is 1.64. The largest absolute Gasteiger partial charge is 0.469 e. The van der Waals surface area contributed by atoms with Crippen molar-refractivity contribution in [3.05, 3.63) is 59.7 Å². The summed E-state index contributed by atoms with van der Waals surface area (Å²) in [5.41, 5.74) is 1.35. The Hall–Kier alpha value is -2.60. The number of hydrogen-bond donors (Lipinski definition) is 0. The van der Waals surface area contributed by atoms with Crippen molar-refractivity contribution in [3.63, 3.8) is 0 Å². The van der Waals surface area contributed by atoms with E-state index >= 15 is 0 Å². The molecule has 0 bridgehead atoms. The minimum absolute atomic E-state index is 0.0642. The Bertz CT molecular complexity index is 1230. The van der Waals surface area contributed by atoms with Gasteiger partial charge in [0, 0.05) is 21.1 Å². The summed E-state index contributed by atoms with van der Waals surface area (Å²) in [6, 6.07) is 16.2. The van der Waals surface area contributed by atoms with Gasteiger partial charge in [0.25, 0.3) is 0 Å². The van der Waals surface area contributed by atoms with E-state index in [9.17, 15) is 14.4 Å². The molecule has 6 saturated carbocycles. The van der Waals surface area contributed by atoms with Crippen molar-refractivity contribution in [3.8, 4) is 0 Å². The van der Waals surface area contributed by atoms with Crippen molar-refractivity contribution >= 4 is 29.5 Å². The van der Waals surface area contributed by atoms with Crippen LogP contribution in [0.3, 0.4) is 0 Å². The van der Waals surface area contributed by atoms with Gasteiger partial charge in [-0.05, 0) is 65.7 Å². The third-order valence-corrected chi connectivity index (χ3v) is 11.7. The molecule has 1 aliphatic heterocycles. The molecule has 1 unspecified atom stereocenters. The van der Waals surface area contributed by atoms with Crippen LogP contribution in [0.15, 0.2) is 58.3 Å². The van der Waals surface area contributed by atoms with Gasteiger partial charge < -0.3 is 9.47 Å². The number of esters is 2. The molecule has 172 valence electrons. The van der Waals surface area contributed by atoms with Crippen LogP contribution in [0.1, 0.15) is 24.0 Å². The smallest absolute Gasteiger partial charge is 0.317 e. The second kappa shape index (κ2) is 5.96. The molecule has 0 spiro atoms. The Labute approximate surface area is 201 Å². The van der Waals surface area contributed by atoms with Crippen LogP contribution in [0.2, 0.25) is 0 Å². The zero-order valence-corrected chi connectivity index (χ0v) is 19.7. The first-order valence-electron chi connectivity index (χ1n) is 12.2. The van der Waals surface area contributed by atoms with Gasteiger partial charge in [-0.3, -0.25) is 14.4 Å². The molecule has 6 fully saturated rings. The van der Waals surface area contributed by atoms with Crippen molar-refractivity contribution in [2.24, 2.45) is 52.3 Å². The number of carbonyl (C=O) groups excluding carboxylic acids is 3. The minimum Gasteiger partial charge on any atom is -0.469 e. The van der Waals surface area contributed by atoms with Crippen LogP contribution in [-0.2, 0) is 23.9 Å². The number of carbonyl (C=O) groups is 3. The molecule has 7 aliphatic rings. The van der Waals surface area contributed by atoms with Crippen molar-refractivity contribution < 1.29 is 23.9 Å². The van der Waals surface area contributed by atoms with Crippen LogP contribution < -0.4 is 0 Å². The van der Waals surface area contributed by atoms with Gasteiger partial charge in [0.15, 0.2) is 5.78 Å². The Morgan fingerprint density at radius 1 is 0.853 bits per heavy atom. The summed E-state index contributed by atoms with van der Waals surface area (Å²) in [7, 11) is 1.47. The van der Waals surface area contributed by atoms with Crippen LogP contribution in [-0.4, -0.2) is 31.4 Å². The van der Waals surface area contributed by atoms with Gasteiger partial charge in [-0.1, -0.05) is 48.2 Å². The molecule has 2 aromatic rings. The molecule has 0 radical (unpaired) electrons. The molecule has 1 heterocycles. The standard InChI is InChI=1S/C28H24O5S/c1-3-33-25(30)17(16-12-8-4-6-10-14(12)34-15-11-7-5-9-13(15)16)24(29)27-18-21-19(27)23-20(27)22(18)28(21,23)26(31)32-2/h4-11,16-23H,3H2,1-2H3. The quantitative estimate of drug-likeness (QED) is 0.469. The van der Waals surface area contributed by atoms with Crippen LogP contribution in [0, 0.1) is 52.3 Å². The lowest BCUT2D eigenvalue weighted by Gasteiger charge is -3.09. The lowest BCUT2D eigenvalue weighted by atomic mass is 8.91. The van der Waals surface area contributed by atoms with Crippen molar-refractivity contribution in [1.29, 1.82) is 0 Å². The summed E-state index contributed by atoms with van der Waals surface area (Å²) in [5, 5.41) is 0. The van der Waals surface area contributed by atoms with Crippen molar-refractivity contribution in [2.75, 3.05) is 13.7 Å². The van der Waals surface area contributed by atoms with Gasteiger partial charge in [-0.2, -0.15) is 0 Å². The topological polar surface area (TPSA) is 69.7 Å². The number of methoxy groups -OCH3 is 1. The van der Waals surface area contributed by atoms with E-state index in [4.69, 9.17) is 9.47 Å². The Morgan fingerprint density at radius 2 is 1.35 bits per heavy atom. The molecule has 34 heavy (non-hydrogen) atoms. The fourth-order valence-corrected chi connectivity index (χ4v) is 11.0. The van der Waals surface area contributed by atoms with Crippen LogP contribution in [0.4, 0.5) is 0 Å². The number of ether oxygens (including phenoxy) is 2. The van der Waals surface area contributed by atoms with E-state index in [1.165, 1.54) is 7.11 Å². The number of Topliss-reactive ketones (excluding diaryl/α,β-unsaturated/α-hetero) is 1. The Kier molecular flexibility index (Phi) is 3.45. The monoisotopic (exact) mass is 472 g/mol. The number of rotatable bonds is 6. The second-order valence-corrected chi connectivity index (χ2v) is 11.8. The van der Waals surface area contributed by atoms with Gasteiger partial charge in [0.2, 0.25) is 0 Å². The predicted octanol–water partition coefficient (Wildman–Crippen LogP) is 3.94. The van der Waals surface area contributed by atoms with E-state index in [2.05, 4.69) is 12.1 Å². The summed E-state index contributed by atoms with van der Waals surface area (Å²) < 4.78 is 10.7. The van der Waals surface area contributed by atoms with Gasteiger partial charge in [0.05, 0.1) is 19.1 Å². The molecule has 9 rings (SSSR count). The highest BCUT2D eigenvalue weighted by molar-refractivity contribution is 7.99. The molecule has 0 saturated heterocycles. The SMILES string of the molecule is CCOC(=O)C(C(=O)C12C3C4C1C1C2C3C41C(=O)OC)C1c2ccccc2Sc2ccccc21. The van der Waals surface area contributed by atoms with Crippen LogP contribution >= 0.6 is 11.8 Å². The van der Waals surface area contributed by atoms with E-state index in [1.807, 2.05) is 36.4 Å². The molecule has 6 heteroatoms. The number of benzene rings is 2. The summed E-state index contributed by atoms with van der Waals surface area (Å²) in [5.74, 6) is -0.0309. The van der Waals surface area contributed by atoms with Crippen molar-refractivity contribution in [2.45, 2.75) is 22.6 Å². The van der Waals surface area contributed by atoms with Gasteiger partial charge in [0.1, 0.15) is 5.92 Å². The molecular formula is C28H24O5S. The molecule has 6 aliphatic carbocycles. The van der Waals surface area contributed by atoms with Crippen LogP contribution in [0.5, 0.6) is 0 Å². The highest BCUT2D eigenvalue weighted by Crippen LogP contribution is 3.10. The maximum Gasteiger partial charge on any atom is 0.317 e. The normalized spacial score (nSPS) is 41.0. The fourth-order valence-electron chi connectivity index (χ4n) is 9.81. The lowest BCUT2D eigenvalue weighted by Crippen LogP contribution is -3.12. The molecule has 5 nitrogen and oxygen atoms in total. The first-order chi connectivity index (χ1) is 16.6. The predicted molar refractivity (Wildman–Crippen MR) is 122 cm³/mol. The van der Waals surface area contributed by atoms with Gasteiger partial charge in [-0.25, -0.2) is 0 Å². The summed E-state index contributed by atoms with van der Waals surface area (Å²) in [6.45, 7) is 2.04. The van der Waals surface area contributed by atoms with E-state index in [0.29, 0.717) is 0 Å². The van der Waals surface area contributed by atoms with Crippen molar-refractivity contribution in [1.82, 2.24) is 0 Å². The fraction of sp³-hybridized carbons (Fsp3) is 0.464. The van der Waals surface area contributed by atoms with E-state index in [-0.39, 0.29) is 65.2 Å². The Morgan fingerprint density at radius 3 is 1.85 bits per heavy atom. The maximum atomic E-state index is 14.5. The molecule has 1 atom stereocenters. The summed E-state index contributed by atoms with van der Waals surface area (Å²) in [6.07, 6.45) is 0. The average Bonchev–Trinajstić information content (AvgIpc) is 2.87. The number of hydrogen-bond acceptors (Lipinski definition) is 6. The molecule has 0 N–H and O–H groups in total. The highest BCUT2D eigenvalue weighted by Gasteiger charge is 3.13. The zero-order chi connectivity index (χ0) is 23.1. The second-order valence-electron chi connectivity index (χ2n) is 10.8. The molecular weight excluding hydrogens is 448 g/mol. The first-order valence-corrected chi connectivity index (χ1v) is 13.0. The van der Waals surface area contributed by atoms with E-state index in [0.717, 1.165) is 20.9 Å². The lowest BCUT2D eigenvalue weighted by molar-refractivity contribution is -0.626. The van der Waals surface area contributed by atoms with E-state index < -0.39 is 17.3 Å². The van der Waals surface area contributed by atoms with E-state index in [1.54, 1.807) is 18.7 Å². The summed E-state index contributed by atoms with van der Waals surface area (Å²) >= 11 is 1.69. The Balaban J connectivity index is 1.22. The molecule has 0 amide bonds. The first kappa shape index (κ1) is 19.7. The summed E-state index contributed by atoms with van der Waals surface area (Å²) in [4.78, 5) is 42.7. The maximum absolute atomic E-state index is 14.5. The van der Waals surface area contributed by atoms with Gasteiger partial charge in [-0.15, -0.1) is 0 Å². The minimum atomic E-state index is -0.859. The molecule has 0 aromatic heterocycles. The van der Waals surface area contributed by atoms with Crippen LogP contribution in [0.25, 0.3) is 0 Å². The molecule has 2 aromatic carbocycles. The highest BCUT2D eigenvalue weighted by atomic mass is 32.2. The number of fused-ring (bicyclic) bond motifs is 2. The number of ketones is 1. The zero-order valence-electron chi connectivity index (χ0n) is 18.9. The average molecular weight is 473 g/mol. The van der Waals surface area contributed by atoms with Gasteiger partial charge >= 0.3 is 11.9 Å².